The average Bonchev–Trinajstić information content (AvgIpc) is 3.01. The molecule has 3 aromatic rings. The molecule has 0 unspecified atom stereocenters. The van der Waals surface area contributed by atoms with Gasteiger partial charge in [0.05, 0.1) is 0 Å². The normalized spacial score (nSPS) is 10.5. The summed E-state index contributed by atoms with van der Waals surface area (Å²) in [7, 11) is 1.85. The number of hydrogen-bond acceptors (Lipinski definition) is 4. The van der Waals surface area contributed by atoms with E-state index in [0.29, 0.717) is 22.9 Å². The van der Waals surface area contributed by atoms with Crippen molar-refractivity contribution in [3.05, 3.63) is 59.9 Å². The smallest absolute Gasteiger partial charge is 0.256 e. The first kappa shape index (κ1) is 14.9. The Hall–Kier alpha value is -3.02. The second kappa shape index (κ2) is 6.39. The van der Waals surface area contributed by atoms with Gasteiger partial charge >= 0.3 is 0 Å². The van der Waals surface area contributed by atoms with E-state index < -0.39 is 0 Å². The predicted octanol–water partition coefficient (Wildman–Crippen LogP) is 2.69. The van der Waals surface area contributed by atoms with E-state index >= 15 is 0 Å². The summed E-state index contributed by atoms with van der Waals surface area (Å²) >= 11 is 0. The Morgan fingerprint density at radius 3 is 2.78 bits per heavy atom. The highest BCUT2D eigenvalue weighted by molar-refractivity contribution is 6.03. The number of aryl methyl sites for hydroxylation is 2. The van der Waals surface area contributed by atoms with Crippen LogP contribution in [0.15, 0.2) is 48.8 Å². The van der Waals surface area contributed by atoms with Gasteiger partial charge in [0.25, 0.3) is 5.91 Å². The van der Waals surface area contributed by atoms with Gasteiger partial charge in [0.1, 0.15) is 17.8 Å². The third kappa shape index (κ3) is 3.26. The van der Waals surface area contributed by atoms with Crippen molar-refractivity contribution < 1.29 is 4.79 Å². The van der Waals surface area contributed by atoms with Crippen LogP contribution in [0, 0.1) is 0 Å². The Bertz CT molecular complexity index is 840. The molecule has 0 radical (unpaired) electrons. The van der Waals surface area contributed by atoms with E-state index in [1.54, 1.807) is 23.0 Å². The fraction of sp³-hybridized carbons (Fsp3) is 0.176. The van der Waals surface area contributed by atoms with Crippen molar-refractivity contribution in [2.75, 3.05) is 5.32 Å². The Kier molecular flexibility index (Phi) is 4.14. The standard InChI is InChI=1S/C17H17N5O/c1-3-12-6-4-7-13(10-12)17(23)20-15-9-5-8-14(19-15)16-21-18-11-22(16)2/h4-11H,3H2,1-2H3,(H,19,20,23). The maximum absolute atomic E-state index is 12.4. The average molecular weight is 307 g/mol. The van der Waals surface area contributed by atoms with Gasteiger partial charge in [-0.2, -0.15) is 0 Å². The number of carbonyl (C=O) groups is 1. The topological polar surface area (TPSA) is 72.7 Å². The van der Waals surface area contributed by atoms with Crippen LogP contribution >= 0.6 is 0 Å². The maximum atomic E-state index is 12.4. The second-order valence-corrected chi connectivity index (χ2v) is 5.18. The number of anilines is 1. The lowest BCUT2D eigenvalue weighted by Gasteiger charge is -2.07. The second-order valence-electron chi connectivity index (χ2n) is 5.18. The van der Waals surface area contributed by atoms with Crippen LogP contribution in [0.25, 0.3) is 11.5 Å². The third-order valence-electron chi connectivity index (χ3n) is 3.53. The van der Waals surface area contributed by atoms with E-state index in [2.05, 4.69) is 27.4 Å². The summed E-state index contributed by atoms with van der Waals surface area (Å²) in [4.78, 5) is 16.8. The third-order valence-corrected chi connectivity index (χ3v) is 3.53. The number of amides is 1. The van der Waals surface area contributed by atoms with Crippen molar-refractivity contribution in [1.82, 2.24) is 19.7 Å². The van der Waals surface area contributed by atoms with Crippen LogP contribution in [0.1, 0.15) is 22.8 Å². The van der Waals surface area contributed by atoms with E-state index in [1.165, 1.54) is 0 Å². The summed E-state index contributed by atoms with van der Waals surface area (Å²) in [5.74, 6) is 0.953. The molecule has 2 aromatic heterocycles. The lowest BCUT2D eigenvalue weighted by atomic mass is 10.1. The monoisotopic (exact) mass is 307 g/mol. The first-order valence-corrected chi connectivity index (χ1v) is 7.39. The van der Waals surface area contributed by atoms with Crippen molar-refractivity contribution >= 4 is 11.7 Å². The molecular weight excluding hydrogens is 290 g/mol. The van der Waals surface area contributed by atoms with Gasteiger partial charge in [-0.1, -0.05) is 25.1 Å². The van der Waals surface area contributed by atoms with Crippen LogP contribution in [0.4, 0.5) is 5.82 Å². The summed E-state index contributed by atoms with van der Waals surface area (Å²) < 4.78 is 1.78. The molecule has 116 valence electrons. The molecule has 0 saturated carbocycles. The number of nitrogens with zero attached hydrogens (tertiary/aromatic N) is 4. The highest BCUT2D eigenvalue weighted by Gasteiger charge is 2.10. The van der Waals surface area contributed by atoms with Gasteiger partial charge in [0.15, 0.2) is 5.82 Å². The van der Waals surface area contributed by atoms with E-state index in [1.807, 2.05) is 37.4 Å². The molecule has 0 aliphatic carbocycles. The van der Waals surface area contributed by atoms with Crippen molar-refractivity contribution in [2.45, 2.75) is 13.3 Å². The zero-order valence-corrected chi connectivity index (χ0v) is 13.0. The molecule has 1 amide bonds. The van der Waals surface area contributed by atoms with Crippen molar-refractivity contribution in [1.29, 1.82) is 0 Å². The Balaban J connectivity index is 1.83. The highest BCUT2D eigenvalue weighted by atomic mass is 16.1. The molecule has 1 aromatic carbocycles. The summed E-state index contributed by atoms with van der Waals surface area (Å²) in [5, 5.41) is 10.7. The van der Waals surface area contributed by atoms with Gasteiger partial charge in [-0.25, -0.2) is 4.98 Å². The number of pyridine rings is 1. The molecular formula is C17H17N5O. The Labute approximate surface area is 134 Å². The molecule has 2 heterocycles. The van der Waals surface area contributed by atoms with E-state index in [0.717, 1.165) is 12.0 Å². The minimum Gasteiger partial charge on any atom is -0.315 e. The highest BCUT2D eigenvalue weighted by Crippen LogP contribution is 2.16. The molecule has 1 N–H and O–H groups in total. The van der Waals surface area contributed by atoms with Gasteiger partial charge in [0.2, 0.25) is 0 Å². The Morgan fingerprint density at radius 2 is 2.04 bits per heavy atom. The van der Waals surface area contributed by atoms with Crippen molar-refractivity contribution in [2.24, 2.45) is 7.05 Å². The molecule has 0 aliphatic heterocycles. The largest absolute Gasteiger partial charge is 0.315 e. The van der Waals surface area contributed by atoms with Gasteiger partial charge in [-0.3, -0.25) is 4.79 Å². The van der Waals surface area contributed by atoms with Crippen LogP contribution in [0.3, 0.4) is 0 Å². The predicted molar refractivity (Wildman–Crippen MR) is 88.0 cm³/mol. The van der Waals surface area contributed by atoms with E-state index in [9.17, 15) is 4.79 Å². The molecule has 0 bridgehead atoms. The van der Waals surface area contributed by atoms with Crippen LogP contribution in [0.2, 0.25) is 0 Å². The van der Waals surface area contributed by atoms with Gasteiger partial charge < -0.3 is 9.88 Å². The fourth-order valence-corrected chi connectivity index (χ4v) is 2.26. The molecule has 0 spiro atoms. The van der Waals surface area contributed by atoms with Crippen LogP contribution in [-0.2, 0) is 13.5 Å². The van der Waals surface area contributed by atoms with Crippen LogP contribution in [0.5, 0.6) is 0 Å². The molecule has 0 aliphatic rings. The number of rotatable bonds is 4. The molecule has 0 saturated heterocycles. The number of carbonyl (C=O) groups excluding carboxylic acids is 1. The SMILES string of the molecule is CCc1cccc(C(=O)Nc2cccc(-c3nncn3C)n2)c1. The Morgan fingerprint density at radius 1 is 1.22 bits per heavy atom. The number of nitrogens with one attached hydrogen (secondary N) is 1. The first-order chi connectivity index (χ1) is 11.2. The van der Waals surface area contributed by atoms with Crippen molar-refractivity contribution in [3.8, 4) is 11.5 Å². The molecule has 23 heavy (non-hydrogen) atoms. The molecule has 6 heteroatoms. The summed E-state index contributed by atoms with van der Waals surface area (Å²) in [6, 6.07) is 13.0. The number of aromatic nitrogens is 4. The zero-order valence-electron chi connectivity index (χ0n) is 13.0. The van der Waals surface area contributed by atoms with Gasteiger partial charge in [-0.15, -0.1) is 10.2 Å². The molecule has 3 rings (SSSR count). The molecule has 0 atom stereocenters. The van der Waals surface area contributed by atoms with Crippen LogP contribution < -0.4 is 5.32 Å². The summed E-state index contributed by atoms with van der Waals surface area (Å²) in [5.41, 5.74) is 2.40. The maximum Gasteiger partial charge on any atom is 0.256 e. The lowest BCUT2D eigenvalue weighted by molar-refractivity contribution is 0.102. The first-order valence-electron chi connectivity index (χ1n) is 7.39. The quantitative estimate of drug-likeness (QED) is 0.804. The fourth-order valence-electron chi connectivity index (χ4n) is 2.26. The summed E-state index contributed by atoms with van der Waals surface area (Å²) in [6.45, 7) is 2.06. The lowest BCUT2D eigenvalue weighted by Crippen LogP contribution is -2.13. The minimum atomic E-state index is -0.178. The molecule has 0 fully saturated rings. The number of benzene rings is 1. The van der Waals surface area contributed by atoms with Gasteiger partial charge in [-0.05, 0) is 36.2 Å². The van der Waals surface area contributed by atoms with Gasteiger partial charge in [0, 0.05) is 12.6 Å². The minimum absolute atomic E-state index is 0.178. The van der Waals surface area contributed by atoms with E-state index in [-0.39, 0.29) is 5.91 Å². The molecule has 6 nitrogen and oxygen atoms in total. The van der Waals surface area contributed by atoms with Crippen LogP contribution in [-0.4, -0.2) is 25.7 Å². The summed E-state index contributed by atoms with van der Waals surface area (Å²) in [6.07, 6.45) is 2.50. The van der Waals surface area contributed by atoms with Crippen molar-refractivity contribution in [3.63, 3.8) is 0 Å². The van der Waals surface area contributed by atoms with E-state index in [4.69, 9.17) is 0 Å². The number of hydrogen-bond donors (Lipinski definition) is 1. The zero-order chi connectivity index (χ0) is 16.2.